The minimum absolute atomic E-state index is 0.364. The highest BCUT2D eigenvalue weighted by Gasteiger charge is 2.09. The second-order valence-corrected chi connectivity index (χ2v) is 3.68. The van der Waals surface area contributed by atoms with Crippen LogP contribution in [0.3, 0.4) is 0 Å². The molecule has 0 spiro atoms. The van der Waals surface area contributed by atoms with E-state index in [9.17, 15) is 0 Å². The zero-order chi connectivity index (χ0) is 11.9. The maximum atomic E-state index is 9.10. The third kappa shape index (κ3) is 3.13. The Kier molecular flexibility index (Phi) is 3.85. The van der Waals surface area contributed by atoms with Gasteiger partial charge in [-0.1, -0.05) is 36.4 Å². The fraction of sp³-hybridized carbons (Fsp3) is 0.143. The highest BCUT2D eigenvalue weighted by atomic mass is 14.9. The van der Waals surface area contributed by atoms with Gasteiger partial charge in [0.25, 0.3) is 0 Å². The van der Waals surface area contributed by atoms with Crippen molar-refractivity contribution in [2.75, 3.05) is 0 Å². The van der Waals surface area contributed by atoms with Gasteiger partial charge in [-0.05, 0) is 17.7 Å². The molecular weight excluding hydrogens is 210 g/mol. The van der Waals surface area contributed by atoms with Gasteiger partial charge in [-0.15, -0.1) is 0 Å². The van der Waals surface area contributed by atoms with Gasteiger partial charge in [-0.2, -0.15) is 5.26 Å². The van der Waals surface area contributed by atoms with Gasteiger partial charge in [0.1, 0.15) is 6.04 Å². The van der Waals surface area contributed by atoms with Gasteiger partial charge in [-0.25, -0.2) is 0 Å². The van der Waals surface area contributed by atoms with Gasteiger partial charge >= 0.3 is 0 Å². The SMILES string of the molecule is N#CC(NCc1ccccc1)c1ccccn1. The molecule has 1 N–H and O–H groups in total. The van der Waals surface area contributed by atoms with E-state index in [2.05, 4.69) is 16.4 Å². The number of nitriles is 1. The van der Waals surface area contributed by atoms with E-state index in [1.54, 1.807) is 6.20 Å². The van der Waals surface area contributed by atoms with Crippen LogP contribution in [0.4, 0.5) is 0 Å². The average molecular weight is 223 g/mol. The third-order valence-corrected chi connectivity index (χ3v) is 2.47. The second-order valence-electron chi connectivity index (χ2n) is 3.68. The van der Waals surface area contributed by atoms with Crippen LogP contribution in [0.5, 0.6) is 0 Å². The lowest BCUT2D eigenvalue weighted by Gasteiger charge is -2.10. The summed E-state index contributed by atoms with van der Waals surface area (Å²) in [6.07, 6.45) is 1.70. The molecule has 0 saturated carbocycles. The molecule has 17 heavy (non-hydrogen) atoms. The van der Waals surface area contributed by atoms with E-state index in [0.29, 0.717) is 6.54 Å². The summed E-state index contributed by atoms with van der Waals surface area (Å²) in [5.41, 5.74) is 1.91. The van der Waals surface area contributed by atoms with Crippen molar-refractivity contribution < 1.29 is 0 Å². The summed E-state index contributed by atoms with van der Waals surface area (Å²) in [5, 5.41) is 12.3. The third-order valence-electron chi connectivity index (χ3n) is 2.47. The van der Waals surface area contributed by atoms with E-state index in [4.69, 9.17) is 5.26 Å². The first kappa shape index (κ1) is 11.3. The van der Waals surface area contributed by atoms with E-state index >= 15 is 0 Å². The first-order valence-electron chi connectivity index (χ1n) is 5.48. The van der Waals surface area contributed by atoms with Crippen molar-refractivity contribution >= 4 is 0 Å². The van der Waals surface area contributed by atoms with Crippen LogP contribution >= 0.6 is 0 Å². The molecule has 1 aromatic heterocycles. The van der Waals surface area contributed by atoms with Gasteiger partial charge in [0, 0.05) is 12.7 Å². The quantitative estimate of drug-likeness (QED) is 0.866. The molecular formula is C14H13N3. The first-order valence-corrected chi connectivity index (χ1v) is 5.48. The molecule has 1 aromatic carbocycles. The van der Waals surface area contributed by atoms with E-state index in [1.807, 2.05) is 48.5 Å². The minimum atomic E-state index is -0.364. The van der Waals surface area contributed by atoms with Crippen molar-refractivity contribution in [3.63, 3.8) is 0 Å². The van der Waals surface area contributed by atoms with Crippen molar-refractivity contribution in [2.45, 2.75) is 12.6 Å². The van der Waals surface area contributed by atoms with Crippen LogP contribution in [0.1, 0.15) is 17.3 Å². The van der Waals surface area contributed by atoms with Crippen LogP contribution < -0.4 is 5.32 Å². The van der Waals surface area contributed by atoms with E-state index in [-0.39, 0.29) is 6.04 Å². The van der Waals surface area contributed by atoms with Gasteiger partial charge < -0.3 is 0 Å². The molecule has 0 radical (unpaired) electrons. The normalized spacial score (nSPS) is 11.7. The fourth-order valence-corrected chi connectivity index (χ4v) is 1.58. The second kappa shape index (κ2) is 5.78. The molecule has 1 atom stereocenters. The standard InChI is InChI=1S/C14H13N3/c15-10-14(13-8-4-5-9-16-13)17-11-12-6-2-1-3-7-12/h1-9,14,17H,11H2. The molecule has 2 rings (SSSR count). The lowest BCUT2D eigenvalue weighted by atomic mass is 10.1. The summed E-state index contributed by atoms with van der Waals surface area (Å²) in [4.78, 5) is 4.18. The summed E-state index contributed by atoms with van der Waals surface area (Å²) in [7, 11) is 0. The summed E-state index contributed by atoms with van der Waals surface area (Å²) >= 11 is 0. The van der Waals surface area contributed by atoms with Crippen molar-refractivity contribution in [3.8, 4) is 6.07 Å². The minimum Gasteiger partial charge on any atom is -0.293 e. The molecule has 0 aliphatic carbocycles. The Bertz CT molecular complexity index is 488. The lowest BCUT2D eigenvalue weighted by Crippen LogP contribution is -2.20. The molecule has 0 saturated heterocycles. The predicted molar refractivity (Wildman–Crippen MR) is 65.9 cm³/mol. The Labute approximate surface area is 101 Å². The smallest absolute Gasteiger partial charge is 0.138 e. The maximum absolute atomic E-state index is 9.10. The monoisotopic (exact) mass is 223 g/mol. The Balaban J connectivity index is 2.01. The number of benzene rings is 1. The zero-order valence-corrected chi connectivity index (χ0v) is 9.38. The fourth-order valence-electron chi connectivity index (χ4n) is 1.58. The molecule has 0 aliphatic heterocycles. The van der Waals surface area contributed by atoms with Crippen molar-refractivity contribution in [1.29, 1.82) is 5.26 Å². The highest BCUT2D eigenvalue weighted by Crippen LogP contribution is 2.09. The van der Waals surface area contributed by atoms with Crippen molar-refractivity contribution in [3.05, 3.63) is 66.0 Å². The highest BCUT2D eigenvalue weighted by molar-refractivity contribution is 5.18. The van der Waals surface area contributed by atoms with Crippen LogP contribution in [0, 0.1) is 11.3 Å². The van der Waals surface area contributed by atoms with Gasteiger partial charge in [0.2, 0.25) is 0 Å². The lowest BCUT2D eigenvalue weighted by molar-refractivity contribution is 0.617. The molecule has 0 aliphatic rings. The molecule has 2 aromatic rings. The number of nitrogens with one attached hydrogen (secondary N) is 1. The molecule has 1 unspecified atom stereocenters. The molecule has 0 fully saturated rings. The summed E-state index contributed by atoms with van der Waals surface area (Å²) in [6.45, 7) is 0.662. The zero-order valence-electron chi connectivity index (χ0n) is 9.38. The molecule has 3 heteroatoms. The maximum Gasteiger partial charge on any atom is 0.138 e. The number of hydrogen-bond acceptors (Lipinski definition) is 3. The number of aromatic nitrogens is 1. The van der Waals surface area contributed by atoms with Crippen LogP contribution in [-0.2, 0) is 6.54 Å². The van der Waals surface area contributed by atoms with E-state index < -0.39 is 0 Å². The Hall–Kier alpha value is -2.18. The van der Waals surface area contributed by atoms with Crippen LogP contribution in [-0.4, -0.2) is 4.98 Å². The Morgan fingerprint density at radius 2 is 1.88 bits per heavy atom. The molecule has 84 valence electrons. The molecule has 1 heterocycles. The van der Waals surface area contributed by atoms with Gasteiger partial charge in [0.05, 0.1) is 11.8 Å². The number of nitrogens with zero attached hydrogens (tertiary/aromatic N) is 2. The molecule has 3 nitrogen and oxygen atoms in total. The van der Waals surface area contributed by atoms with Gasteiger partial charge in [0.15, 0.2) is 0 Å². The average Bonchev–Trinajstić information content (AvgIpc) is 2.42. The molecule has 0 bridgehead atoms. The number of hydrogen-bond donors (Lipinski definition) is 1. The summed E-state index contributed by atoms with van der Waals surface area (Å²) in [6, 6.07) is 17.4. The molecule has 0 amide bonds. The van der Waals surface area contributed by atoms with Crippen molar-refractivity contribution in [1.82, 2.24) is 10.3 Å². The predicted octanol–water partition coefficient (Wildman–Crippen LogP) is 2.44. The van der Waals surface area contributed by atoms with Crippen LogP contribution in [0.2, 0.25) is 0 Å². The van der Waals surface area contributed by atoms with Crippen LogP contribution in [0.25, 0.3) is 0 Å². The topological polar surface area (TPSA) is 48.7 Å². The van der Waals surface area contributed by atoms with E-state index in [1.165, 1.54) is 0 Å². The van der Waals surface area contributed by atoms with Gasteiger partial charge in [-0.3, -0.25) is 10.3 Å². The number of rotatable bonds is 4. The Morgan fingerprint density at radius 3 is 2.53 bits per heavy atom. The van der Waals surface area contributed by atoms with Crippen LogP contribution in [0.15, 0.2) is 54.7 Å². The summed E-state index contributed by atoms with van der Waals surface area (Å²) < 4.78 is 0. The number of pyridine rings is 1. The van der Waals surface area contributed by atoms with Crippen molar-refractivity contribution in [2.24, 2.45) is 0 Å². The van der Waals surface area contributed by atoms with E-state index in [0.717, 1.165) is 11.3 Å². The summed E-state index contributed by atoms with van der Waals surface area (Å²) in [5.74, 6) is 0. The largest absolute Gasteiger partial charge is 0.293 e. The Morgan fingerprint density at radius 1 is 1.12 bits per heavy atom. The first-order chi connectivity index (χ1) is 8.40.